The average molecular weight is 268 g/mol. The van der Waals surface area contributed by atoms with Crippen LogP contribution in [0.25, 0.3) is 5.69 Å². The number of carbonyl (C=O) groups is 1. The molecule has 19 heavy (non-hydrogen) atoms. The lowest BCUT2D eigenvalue weighted by molar-refractivity contribution is 0.0684. The minimum Gasteiger partial charge on any atom is -0.505 e. The van der Waals surface area contributed by atoms with Crippen LogP contribution in [0.5, 0.6) is 5.75 Å². The zero-order valence-corrected chi connectivity index (χ0v) is 9.17. The molecular weight excluding hydrogens is 262 g/mol. The molecule has 6 nitrogen and oxygen atoms in total. The third-order valence-corrected chi connectivity index (χ3v) is 2.25. The molecule has 0 aliphatic heterocycles. The van der Waals surface area contributed by atoms with Gasteiger partial charge in [-0.1, -0.05) is 0 Å². The van der Waals surface area contributed by atoms with Gasteiger partial charge >= 0.3 is 5.97 Å². The molecule has 0 aliphatic rings. The molecule has 2 aromatic rings. The van der Waals surface area contributed by atoms with Crippen molar-refractivity contribution in [1.29, 1.82) is 0 Å². The summed E-state index contributed by atoms with van der Waals surface area (Å²) < 4.78 is 26.9. The molecule has 0 saturated heterocycles. The van der Waals surface area contributed by atoms with Crippen LogP contribution in [-0.2, 0) is 0 Å². The highest BCUT2D eigenvalue weighted by Gasteiger charge is 2.17. The second-order valence-electron chi connectivity index (χ2n) is 3.53. The van der Waals surface area contributed by atoms with Gasteiger partial charge in [-0.05, 0) is 12.1 Å². The summed E-state index contributed by atoms with van der Waals surface area (Å²) in [7, 11) is 0. The fraction of sp³-hybridized carbons (Fsp3) is 0. The molecule has 0 unspecified atom stereocenters. The van der Waals surface area contributed by atoms with Crippen molar-refractivity contribution >= 4 is 5.97 Å². The number of halogens is 2. The fourth-order valence-electron chi connectivity index (χ4n) is 1.42. The Bertz CT molecular complexity index is 727. The van der Waals surface area contributed by atoms with Crippen LogP contribution in [-0.4, -0.2) is 26.0 Å². The van der Waals surface area contributed by atoms with E-state index in [1.54, 1.807) is 0 Å². The SMILES string of the molecule is O=C(O)c1nn(-c2cc(F)ccc2F)c(=O)cc1O. The van der Waals surface area contributed by atoms with E-state index in [0.717, 1.165) is 12.1 Å². The monoisotopic (exact) mass is 268 g/mol. The van der Waals surface area contributed by atoms with Crippen molar-refractivity contribution in [2.24, 2.45) is 0 Å². The smallest absolute Gasteiger partial charge is 0.360 e. The van der Waals surface area contributed by atoms with Gasteiger partial charge in [0.1, 0.15) is 17.3 Å². The standard InChI is InChI=1S/C11H6F2N2O4/c12-5-1-2-6(13)7(3-5)15-9(17)4-8(16)10(14-15)11(18)19/h1-4,16H,(H,18,19). The maximum Gasteiger partial charge on any atom is 0.360 e. The van der Waals surface area contributed by atoms with Crippen LogP contribution in [0.2, 0.25) is 0 Å². The van der Waals surface area contributed by atoms with Gasteiger partial charge in [0.2, 0.25) is 5.69 Å². The first-order valence-electron chi connectivity index (χ1n) is 4.92. The molecule has 0 aliphatic carbocycles. The summed E-state index contributed by atoms with van der Waals surface area (Å²) in [4.78, 5) is 22.3. The summed E-state index contributed by atoms with van der Waals surface area (Å²) in [6.07, 6.45) is 0. The number of aromatic carboxylic acids is 1. The summed E-state index contributed by atoms with van der Waals surface area (Å²) >= 11 is 0. The Balaban J connectivity index is 2.75. The number of aromatic hydroxyl groups is 1. The van der Waals surface area contributed by atoms with E-state index in [-0.39, 0.29) is 0 Å². The Morgan fingerprint density at radius 2 is 1.95 bits per heavy atom. The minimum absolute atomic E-state index is 0.363. The highest BCUT2D eigenvalue weighted by atomic mass is 19.1. The van der Waals surface area contributed by atoms with E-state index in [1.165, 1.54) is 0 Å². The first-order valence-corrected chi connectivity index (χ1v) is 4.92. The number of carboxylic acids is 1. The first kappa shape index (κ1) is 12.7. The first-order chi connectivity index (χ1) is 8.90. The van der Waals surface area contributed by atoms with Crippen molar-refractivity contribution in [3.63, 3.8) is 0 Å². The van der Waals surface area contributed by atoms with E-state index in [2.05, 4.69) is 5.10 Å². The molecule has 98 valence electrons. The van der Waals surface area contributed by atoms with E-state index < -0.39 is 40.3 Å². The van der Waals surface area contributed by atoms with Gasteiger partial charge in [-0.15, -0.1) is 0 Å². The maximum absolute atomic E-state index is 13.5. The number of rotatable bonds is 2. The molecule has 0 amide bonds. The van der Waals surface area contributed by atoms with Crippen LogP contribution in [0.15, 0.2) is 29.1 Å². The van der Waals surface area contributed by atoms with E-state index in [4.69, 9.17) is 5.11 Å². The lowest BCUT2D eigenvalue weighted by Crippen LogP contribution is -2.24. The van der Waals surface area contributed by atoms with Gasteiger partial charge in [0.25, 0.3) is 5.56 Å². The zero-order chi connectivity index (χ0) is 14.2. The molecule has 1 aromatic carbocycles. The predicted octanol–water partition coefficient (Wildman–Crippen LogP) is 0.914. The quantitative estimate of drug-likeness (QED) is 0.844. The molecule has 0 bridgehead atoms. The second-order valence-corrected chi connectivity index (χ2v) is 3.53. The molecule has 0 spiro atoms. The van der Waals surface area contributed by atoms with Gasteiger partial charge in [0.05, 0.1) is 0 Å². The summed E-state index contributed by atoms with van der Waals surface area (Å²) in [5.74, 6) is -4.25. The Kier molecular flexibility index (Phi) is 2.99. The van der Waals surface area contributed by atoms with Gasteiger partial charge in [0.15, 0.2) is 5.75 Å². The van der Waals surface area contributed by atoms with Gasteiger partial charge in [-0.2, -0.15) is 9.78 Å². The highest BCUT2D eigenvalue weighted by molar-refractivity contribution is 5.88. The molecule has 0 saturated carbocycles. The number of nitrogens with zero attached hydrogens (tertiary/aromatic N) is 2. The fourth-order valence-corrected chi connectivity index (χ4v) is 1.42. The number of carboxylic acid groups (broad SMARTS) is 1. The molecular formula is C11H6F2N2O4. The number of benzene rings is 1. The van der Waals surface area contributed by atoms with Gasteiger partial charge in [-0.3, -0.25) is 4.79 Å². The molecule has 0 fully saturated rings. The van der Waals surface area contributed by atoms with Crippen molar-refractivity contribution in [2.75, 3.05) is 0 Å². The molecule has 2 N–H and O–H groups in total. The van der Waals surface area contributed by atoms with Crippen molar-refractivity contribution < 1.29 is 23.8 Å². The number of aromatic nitrogens is 2. The van der Waals surface area contributed by atoms with Crippen molar-refractivity contribution in [2.45, 2.75) is 0 Å². The third-order valence-electron chi connectivity index (χ3n) is 2.25. The Morgan fingerprint density at radius 1 is 1.26 bits per heavy atom. The van der Waals surface area contributed by atoms with E-state index in [9.17, 15) is 23.5 Å². The van der Waals surface area contributed by atoms with Crippen LogP contribution in [0, 0.1) is 11.6 Å². The van der Waals surface area contributed by atoms with Crippen molar-refractivity contribution in [3.8, 4) is 11.4 Å². The Morgan fingerprint density at radius 3 is 2.58 bits per heavy atom. The molecule has 0 radical (unpaired) electrons. The largest absolute Gasteiger partial charge is 0.505 e. The van der Waals surface area contributed by atoms with Crippen LogP contribution < -0.4 is 5.56 Å². The highest BCUT2D eigenvalue weighted by Crippen LogP contribution is 2.15. The molecule has 1 aromatic heterocycles. The molecule has 2 rings (SSSR count). The zero-order valence-electron chi connectivity index (χ0n) is 9.17. The number of hydrogen-bond donors (Lipinski definition) is 2. The van der Waals surface area contributed by atoms with E-state index in [0.29, 0.717) is 16.8 Å². The molecule has 8 heteroatoms. The molecule has 1 heterocycles. The van der Waals surface area contributed by atoms with Crippen molar-refractivity contribution in [3.05, 3.63) is 51.9 Å². The third kappa shape index (κ3) is 2.28. The predicted molar refractivity (Wildman–Crippen MR) is 58.4 cm³/mol. The summed E-state index contributed by atoms with van der Waals surface area (Å²) in [6, 6.07) is 2.85. The van der Waals surface area contributed by atoms with Crippen LogP contribution in [0.1, 0.15) is 10.5 Å². The average Bonchev–Trinajstić information content (AvgIpc) is 2.32. The van der Waals surface area contributed by atoms with Gasteiger partial charge in [0, 0.05) is 12.1 Å². The summed E-state index contributed by atoms with van der Waals surface area (Å²) in [6.45, 7) is 0. The van der Waals surface area contributed by atoms with E-state index in [1.807, 2.05) is 0 Å². The Hall–Kier alpha value is -2.77. The second kappa shape index (κ2) is 4.48. The lowest BCUT2D eigenvalue weighted by atomic mass is 10.3. The minimum atomic E-state index is -1.61. The lowest BCUT2D eigenvalue weighted by Gasteiger charge is -2.07. The maximum atomic E-state index is 13.5. The van der Waals surface area contributed by atoms with Crippen LogP contribution in [0.3, 0.4) is 0 Å². The topological polar surface area (TPSA) is 92.4 Å². The summed E-state index contributed by atoms with van der Waals surface area (Å²) in [5, 5.41) is 21.3. The van der Waals surface area contributed by atoms with E-state index >= 15 is 0 Å². The van der Waals surface area contributed by atoms with Gasteiger partial charge in [-0.25, -0.2) is 13.6 Å². The Labute approximate surface area is 104 Å². The summed E-state index contributed by atoms with van der Waals surface area (Å²) in [5.41, 5.74) is -2.39. The van der Waals surface area contributed by atoms with Crippen molar-refractivity contribution in [1.82, 2.24) is 9.78 Å². The molecule has 0 atom stereocenters. The van der Waals surface area contributed by atoms with Crippen LogP contribution in [0.4, 0.5) is 8.78 Å². The normalized spacial score (nSPS) is 10.4. The van der Waals surface area contributed by atoms with Gasteiger partial charge < -0.3 is 10.2 Å². The number of hydrogen-bond acceptors (Lipinski definition) is 4. The van der Waals surface area contributed by atoms with Crippen LogP contribution >= 0.6 is 0 Å².